The summed E-state index contributed by atoms with van der Waals surface area (Å²) in [4.78, 5) is 34.4. The molecular weight excluding hydrogens is 390 g/mol. The minimum absolute atomic E-state index is 0.0262. The van der Waals surface area contributed by atoms with Gasteiger partial charge in [-0.25, -0.2) is 14.8 Å². The van der Waals surface area contributed by atoms with Crippen LogP contribution in [0.1, 0.15) is 21.6 Å². The second kappa shape index (κ2) is 8.62. The van der Waals surface area contributed by atoms with Gasteiger partial charge in [-0.2, -0.15) is 0 Å². The number of benzene rings is 3. The normalized spacial score (nSPS) is 10.5. The van der Waals surface area contributed by atoms with Crippen molar-refractivity contribution in [2.24, 2.45) is 0 Å². The fourth-order valence-corrected chi connectivity index (χ4v) is 2.98. The molecule has 0 unspecified atom stereocenters. The molecule has 1 aromatic heterocycles. The van der Waals surface area contributed by atoms with E-state index < -0.39 is 11.9 Å². The molecule has 0 bridgehead atoms. The molecule has 0 saturated heterocycles. The van der Waals surface area contributed by atoms with Crippen LogP contribution in [0.2, 0.25) is 0 Å². The highest BCUT2D eigenvalue weighted by Crippen LogP contribution is 2.19. The molecule has 0 saturated carbocycles. The fourth-order valence-electron chi connectivity index (χ4n) is 2.98. The van der Waals surface area contributed by atoms with Gasteiger partial charge in [0.15, 0.2) is 11.5 Å². The molecule has 31 heavy (non-hydrogen) atoms. The number of anilines is 3. The summed E-state index contributed by atoms with van der Waals surface area (Å²) in [5, 5.41) is 8.20. The SMILES string of the molecule is Cc1ccc(NC(=O)Nc2nc3ccccc3nc2C(=O)Nc2ccc(C)cc2)cc1. The van der Waals surface area contributed by atoms with Crippen molar-refractivity contribution >= 4 is 40.2 Å². The topological polar surface area (TPSA) is 96.0 Å². The number of aryl methyl sites for hydroxylation is 2. The third-order valence-corrected chi connectivity index (χ3v) is 4.64. The first-order chi connectivity index (χ1) is 15.0. The molecular formula is C24H21N5O2. The summed E-state index contributed by atoms with van der Waals surface area (Å²) >= 11 is 0. The fraction of sp³-hybridized carbons (Fsp3) is 0.0833. The molecule has 3 amide bonds. The van der Waals surface area contributed by atoms with Crippen LogP contribution >= 0.6 is 0 Å². The van der Waals surface area contributed by atoms with Gasteiger partial charge in [0.05, 0.1) is 11.0 Å². The number of carbonyl (C=O) groups excluding carboxylic acids is 2. The Kier molecular flexibility index (Phi) is 5.57. The molecule has 0 spiro atoms. The molecule has 0 atom stereocenters. The number of para-hydroxylation sites is 2. The molecule has 7 heteroatoms. The second-order valence-electron chi connectivity index (χ2n) is 7.17. The average Bonchev–Trinajstić information content (AvgIpc) is 2.76. The standard InChI is InChI=1S/C24H21N5O2/c1-15-7-11-17(12-8-15)25-23(30)21-22(28-20-6-4-3-5-19(20)27-21)29-24(31)26-18-13-9-16(2)10-14-18/h3-14H,1-2H3,(H,25,30)(H2,26,28,29,31). The van der Waals surface area contributed by atoms with E-state index in [2.05, 4.69) is 25.9 Å². The molecule has 4 aromatic rings. The van der Waals surface area contributed by atoms with Crippen LogP contribution in [0.3, 0.4) is 0 Å². The Bertz CT molecular complexity index is 1250. The Balaban J connectivity index is 1.62. The van der Waals surface area contributed by atoms with E-state index in [1.165, 1.54) is 0 Å². The van der Waals surface area contributed by atoms with E-state index in [0.717, 1.165) is 11.1 Å². The van der Waals surface area contributed by atoms with Gasteiger partial charge in [-0.3, -0.25) is 10.1 Å². The zero-order valence-corrected chi connectivity index (χ0v) is 17.1. The summed E-state index contributed by atoms with van der Waals surface area (Å²) in [6.07, 6.45) is 0. The number of amides is 3. The van der Waals surface area contributed by atoms with Gasteiger partial charge in [0.25, 0.3) is 5.91 Å². The van der Waals surface area contributed by atoms with Crippen molar-refractivity contribution in [1.82, 2.24) is 9.97 Å². The maximum atomic E-state index is 13.0. The second-order valence-corrected chi connectivity index (χ2v) is 7.17. The number of carbonyl (C=O) groups is 2. The summed E-state index contributed by atoms with van der Waals surface area (Å²) in [6, 6.07) is 21.4. The third-order valence-electron chi connectivity index (χ3n) is 4.64. The summed E-state index contributed by atoms with van der Waals surface area (Å²) in [5.41, 5.74) is 4.57. The Morgan fingerprint density at radius 1 is 0.645 bits per heavy atom. The molecule has 4 rings (SSSR count). The van der Waals surface area contributed by atoms with Crippen molar-refractivity contribution in [3.63, 3.8) is 0 Å². The zero-order chi connectivity index (χ0) is 21.8. The van der Waals surface area contributed by atoms with Gasteiger partial charge in [-0.05, 0) is 50.2 Å². The number of hydrogen-bond donors (Lipinski definition) is 3. The summed E-state index contributed by atoms with van der Waals surface area (Å²) in [6.45, 7) is 3.93. The zero-order valence-electron chi connectivity index (χ0n) is 17.1. The van der Waals surface area contributed by atoms with E-state index in [4.69, 9.17) is 0 Å². The molecule has 0 radical (unpaired) electrons. The molecule has 0 aliphatic carbocycles. The largest absolute Gasteiger partial charge is 0.324 e. The lowest BCUT2D eigenvalue weighted by Crippen LogP contribution is -2.24. The molecule has 3 aromatic carbocycles. The number of nitrogens with one attached hydrogen (secondary N) is 3. The van der Waals surface area contributed by atoms with E-state index in [0.29, 0.717) is 22.4 Å². The molecule has 0 aliphatic rings. The van der Waals surface area contributed by atoms with Gasteiger partial charge in [-0.15, -0.1) is 0 Å². The van der Waals surface area contributed by atoms with Crippen LogP contribution in [-0.2, 0) is 0 Å². The van der Waals surface area contributed by atoms with Crippen LogP contribution in [0, 0.1) is 13.8 Å². The van der Waals surface area contributed by atoms with Crippen molar-refractivity contribution < 1.29 is 9.59 Å². The summed E-state index contributed by atoms with van der Waals surface area (Å²) < 4.78 is 0. The van der Waals surface area contributed by atoms with Crippen molar-refractivity contribution in [3.8, 4) is 0 Å². The summed E-state index contributed by atoms with van der Waals surface area (Å²) in [7, 11) is 0. The first kappa shape index (κ1) is 20.0. The predicted molar refractivity (Wildman–Crippen MR) is 122 cm³/mol. The number of aromatic nitrogens is 2. The van der Waals surface area contributed by atoms with Crippen LogP contribution in [-0.4, -0.2) is 21.9 Å². The molecule has 0 aliphatic heterocycles. The Morgan fingerprint density at radius 3 is 1.74 bits per heavy atom. The van der Waals surface area contributed by atoms with E-state index >= 15 is 0 Å². The van der Waals surface area contributed by atoms with Crippen molar-refractivity contribution in [3.05, 3.63) is 89.6 Å². The first-order valence-corrected chi connectivity index (χ1v) is 9.77. The maximum absolute atomic E-state index is 13.0. The lowest BCUT2D eigenvalue weighted by atomic mass is 10.2. The smallest absolute Gasteiger partial charge is 0.321 e. The van der Waals surface area contributed by atoms with E-state index in [9.17, 15) is 9.59 Å². The Morgan fingerprint density at radius 2 is 1.16 bits per heavy atom. The van der Waals surface area contributed by atoms with E-state index in [1.54, 1.807) is 36.4 Å². The van der Waals surface area contributed by atoms with E-state index in [-0.39, 0.29) is 11.5 Å². The minimum atomic E-state index is -0.516. The molecule has 154 valence electrons. The number of nitrogens with zero attached hydrogens (tertiary/aromatic N) is 2. The van der Waals surface area contributed by atoms with Gasteiger partial charge in [0.1, 0.15) is 0 Å². The minimum Gasteiger partial charge on any atom is -0.321 e. The molecule has 1 heterocycles. The molecule has 0 fully saturated rings. The number of urea groups is 1. The number of fused-ring (bicyclic) bond motifs is 1. The van der Waals surface area contributed by atoms with Crippen LogP contribution in [0.15, 0.2) is 72.8 Å². The quantitative estimate of drug-likeness (QED) is 0.433. The lowest BCUT2D eigenvalue weighted by Gasteiger charge is -2.12. The number of rotatable bonds is 4. The molecule has 7 nitrogen and oxygen atoms in total. The lowest BCUT2D eigenvalue weighted by molar-refractivity contribution is 0.102. The first-order valence-electron chi connectivity index (χ1n) is 9.77. The highest BCUT2D eigenvalue weighted by Gasteiger charge is 2.19. The van der Waals surface area contributed by atoms with Crippen LogP contribution in [0.25, 0.3) is 11.0 Å². The monoisotopic (exact) mass is 411 g/mol. The maximum Gasteiger partial charge on any atom is 0.324 e. The van der Waals surface area contributed by atoms with Gasteiger partial charge in [0.2, 0.25) is 0 Å². The van der Waals surface area contributed by atoms with Crippen LogP contribution in [0.4, 0.5) is 22.0 Å². The third kappa shape index (κ3) is 4.84. The van der Waals surface area contributed by atoms with Crippen molar-refractivity contribution in [2.75, 3.05) is 16.0 Å². The van der Waals surface area contributed by atoms with Crippen LogP contribution < -0.4 is 16.0 Å². The average molecular weight is 411 g/mol. The number of hydrogen-bond acceptors (Lipinski definition) is 4. The highest BCUT2D eigenvalue weighted by molar-refractivity contribution is 6.10. The van der Waals surface area contributed by atoms with E-state index in [1.807, 2.05) is 50.2 Å². The summed E-state index contributed by atoms with van der Waals surface area (Å²) in [5.74, 6) is -0.388. The van der Waals surface area contributed by atoms with Gasteiger partial charge < -0.3 is 10.6 Å². The molecule has 3 N–H and O–H groups in total. The van der Waals surface area contributed by atoms with Gasteiger partial charge in [-0.1, -0.05) is 47.5 Å². The van der Waals surface area contributed by atoms with Crippen LogP contribution in [0.5, 0.6) is 0 Å². The Labute approximate surface area is 179 Å². The highest BCUT2D eigenvalue weighted by atomic mass is 16.2. The van der Waals surface area contributed by atoms with Crippen molar-refractivity contribution in [1.29, 1.82) is 0 Å². The van der Waals surface area contributed by atoms with Crippen molar-refractivity contribution in [2.45, 2.75) is 13.8 Å². The van der Waals surface area contributed by atoms with Gasteiger partial charge in [0, 0.05) is 11.4 Å². The Hall–Kier alpha value is -4.26. The van der Waals surface area contributed by atoms with Gasteiger partial charge >= 0.3 is 6.03 Å². The predicted octanol–water partition coefficient (Wildman–Crippen LogP) is 5.14.